The van der Waals surface area contributed by atoms with Crippen LogP contribution in [0.4, 0.5) is 5.69 Å². The molecule has 0 saturated heterocycles. The Bertz CT molecular complexity index is 900. The van der Waals surface area contributed by atoms with Gasteiger partial charge in [0.25, 0.3) is 5.91 Å². The van der Waals surface area contributed by atoms with Crippen LogP contribution in [-0.4, -0.2) is 22.9 Å². The van der Waals surface area contributed by atoms with Gasteiger partial charge in [0.1, 0.15) is 0 Å². The number of halogens is 1. The van der Waals surface area contributed by atoms with Gasteiger partial charge in [-0.2, -0.15) is 0 Å². The maximum atomic E-state index is 12.6. The standard InChI is InChI=1S/C18H12ClNO4/c1-10(21)20-16-9-13(19)6-7-14(16)15(17(20)22)8-11-2-4-12(5-3-11)18(23)24/h2-9H,1H3,(H,23,24). The molecule has 0 fully saturated rings. The number of amides is 2. The van der Waals surface area contributed by atoms with Gasteiger partial charge in [0.2, 0.25) is 5.91 Å². The third kappa shape index (κ3) is 2.70. The molecule has 2 aromatic carbocycles. The molecule has 5 nitrogen and oxygen atoms in total. The van der Waals surface area contributed by atoms with E-state index < -0.39 is 17.8 Å². The fourth-order valence-electron chi connectivity index (χ4n) is 2.60. The lowest BCUT2D eigenvalue weighted by Gasteiger charge is -2.11. The second-order valence-corrected chi connectivity index (χ2v) is 5.74. The van der Waals surface area contributed by atoms with Gasteiger partial charge < -0.3 is 5.11 Å². The highest BCUT2D eigenvalue weighted by Crippen LogP contribution is 2.39. The van der Waals surface area contributed by atoms with E-state index in [9.17, 15) is 14.4 Å². The van der Waals surface area contributed by atoms with E-state index in [4.69, 9.17) is 16.7 Å². The van der Waals surface area contributed by atoms with Crippen molar-refractivity contribution in [3.63, 3.8) is 0 Å². The normalized spacial score (nSPS) is 14.8. The van der Waals surface area contributed by atoms with E-state index in [0.717, 1.165) is 4.90 Å². The summed E-state index contributed by atoms with van der Waals surface area (Å²) in [5.74, 6) is -1.84. The highest BCUT2D eigenvalue weighted by molar-refractivity contribution is 6.42. The molecule has 1 aliphatic heterocycles. The number of carbonyl (C=O) groups excluding carboxylic acids is 2. The smallest absolute Gasteiger partial charge is 0.335 e. The van der Waals surface area contributed by atoms with Crippen LogP contribution < -0.4 is 4.90 Å². The number of rotatable bonds is 2. The predicted octanol–water partition coefficient (Wildman–Crippen LogP) is 3.47. The number of aromatic carboxylic acids is 1. The van der Waals surface area contributed by atoms with Gasteiger partial charge in [-0.15, -0.1) is 0 Å². The number of fused-ring (bicyclic) bond motifs is 1. The average Bonchev–Trinajstić information content (AvgIpc) is 2.79. The Morgan fingerprint density at radius 1 is 1.12 bits per heavy atom. The number of nitrogens with zero attached hydrogens (tertiary/aromatic N) is 1. The van der Waals surface area contributed by atoms with Crippen molar-refractivity contribution in [3.8, 4) is 0 Å². The van der Waals surface area contributed by atoms with Crippen molar-refractivity contribution >= 4 is 46.7 Å². The van der Waals surface area contributed by atoms with Crippen LogP contribution in [0.2, 0.25) is 5.02 Å². The summed E-state index contributed by atoms with van der Waals surface area (Å²) in [7, 11) is 0. The first-order valence-electron chi connectivity index (χ1n) is 7.08. The Morgan fingerprint density at radius 3 is 2.38 bits per heavy atom. The quantitative estimate of drug-likeness (QED) is 0.849. The van der Waals surface area contributed by atoms with Crippen LogP contribution in [0, 0.1) is 0 Å². The number of imide groups is 1. The molecule has 0 aromatic heterocycles. The molecule has 1 aliphatic rings. The van der Waals surface area contributed by atoms with E-state index in [0.29, 0.717) is 27.4 Å². The van der Waals surface area contributed by atoms with Crippen LogP contribution in [-0.2, 0) is 9.59 Å². The van der Waals surface area contributed by atoms with E-state index in [1.165, 1.54) is 19.1 Å². The molecule has 24 heavy (non-hydrogen) atoms. The topological polar surface area (TPSA) is 74.7 Å². The molecule has 2 amide bonds. The minimum absolute atomic E-state index is 0.160. The lowest BCUT2D eigenvalue weighted by Crippen LogP contribution is -2.31. The summed E-state index contributed by atoms with van der Waals surface area (Å²) in [5, 5.41) is 9.36. The van der Waals surface area contributed by atoms with E-state index in [1.54, 1.807) is 36.4 Å². The molecular formula is C18H12ClNO4. The number of anilines is 1. The molecule has 0 bridgehead atoms. The van der Waals surface area contributed by atoms with Gasteiger partial charge in [0, 0.05) is 17.5 Å². The Labute approximate surface area is 142 Å². The lowest BCUT2D eigenvalue weighted by atomic mass is 10.0. The Balaban J connectivity index is 2.09. The van der Waals surface area contributed by atoms with Crippen molar-refractivity contribution in [2.24, 2.45) is 0 Å². The van der Waals surface area contributed by atoms with Crippen molar-refractivity contribution in [2.45, 2.75) is 6.92 Å². The predicted molar refractivity (Wildman–Crippen MR) is 90.9 cm³/mol. The summed E-state index contributed by atoms with van der Waals surface area (Å²) in [6.45, 7) is 1.31. The zero-order valence-corrected chi connectivity index (χ0v) is 13.4. The highest BCUT2D eigenvalue weighted by atomic mass is 35.5. The minimum Gasteiger partial charge on any atom is -0.478 e. The third-order valence-electron chi connectivity index (χ3n) is 3.71. The molecule has 6 heteroatoms. The molecule has 0 aliphatic carbocycles. The summed E-state index contributed by atoms with van der Waals surface area (Å²) >= 11 is 5.97. The summed E-state index contributed by atoms with van der Waals surface area (Å²) in [6, 6.07) is 11.0. The third-order valence-corrected chi connectivity index (χ3v) is 3.94. The molecule has 1 N–H and O–H groups in total. The molecule has 1 heterocycles. The molecule has 2 aromatic rings. The van der Waals surface area contributed by atoms with E-state index in [1.807, 2.05) is 0 Å². The van der Waals surface area contributed by atoms with Crippen LogP contribution >= 0.6 is 11.6 Å². The second-order valence-electron chi connectivity index (χ2n) is 5.31. The molecule has 0 unspecified atom stereocenters. The van der Waals surface area contributed by atoms with Gasteiger partial charge in [-0.3, -0.25) is 9.59 Å². The van der Waals surface area contributed by atoms with Crippen molar-refractivity contribution in [2.75, 3.05) is 4.90 Å². The van der Waals surface area contributed by atoms with E-state index in [2.05, 4.69) is 0 Å². The fraction of sp³-hybridized carbons (Fsp3) is 0.0556. The van der Waals surface area contributed by atoms with Crippen molar-refractivity contribution < 1.29 is 19.5 Å². The largest absolute Gasteiger partial charge is 0.478 e. The Hall–Kier alpha value is -2.92. The fourth-order valence-corrected chi connectivity index (χ4v) is 2.77. The number of hydrogen-bond donors (Lipinski definition) is 1. The van der Waals surface area contributed by atoms with Gasteiger partial charge >= 0.3 is 5.97 Å². The van der Waals surface area contributed by atoms with Gasteiger partial charge in [-0.1, -0.05) is 29.8 Å². The number of hydrogen-bond acceptors (Lipinski definition) is 3. The summed E-state index contributed by atoms with van der Waals surface area (Å²) in [5.41, 5.74) is 2.25. The first-order chi connectivity index (χ1) is 11.4. The Kier molecular flexibility index (Phi) is 3.95. The SMILES string of the molecule is CC(=O)N1C(=O)C(=Cc2ccc(C(=O)O)cc2)c2ccc(Cl)cc21. The van der Waals surface area contributed by atoms with Gasteiger partial charge in [-0.25, -0.2) is 9.69 Å². The van der Waals surface area contributed by atoms with Crippen molar-refractivity contribution in [1.82, 2.24) is 0 Å². The van der Waals surface area contributed by atoms with Crippen molar-refractivity contribution in [3.05, 3.63) is 64.2 Å². The highest BCUT2D eigenvalue weighted by Gasteiger charge is 2.35. The van der Waals surface area contributed by atoms with Crippen LogP contribution in [0.1, 0.15) is 28.4 Å². The number of carboxylic acids is 1. The first-order valence-corrected chi connectivity index (χ1v) is 7.46. The molecule has 0 spiro atoms. The molecule has 0 radical (unpaired) electrons. The van der Waals surface area contributed by atoms with Gasteiger partial charge in [0.05, 0.1) is 16.8 Å². The molecule has 0 saturated carbocycles. The molecule has 3 rings (SSSR count). The Morgan fingerprint density at radius 2 is 1.79 bits per heavy atom. The number of carboxylic acid groups (broad SMARTS) is 1. The van der Waals surface area contributed by atoms with Crippen molar-refractivity contribution in [1.29, 1.82) is 0 Å². The van der Waals surface area contributed by atoms with Crippen LogP contribution in [0.25, 0.3) is 11.6 Å². The second kappa shape index (κ2) is 5.94. The summed E-state index contributed by atoms with van der Waals surface area (Å²) in [6.07, 6.45) is 1.63. The van der Waals surface area contributed by atoms with Gasteiger partial charge in [0.15, 0.2) is 0 Å². The lowest BCUT2D eigenvalue weighted by molar-refractivity contribution is -0.122. The number of benzene rings is 2. The van der Waals surface area contributed by atoms with Crippen LogP contribution in [0.15, 0.2) is 42.5 Å². The van der Waals surface area contributed by atoms with E-state index in [-0.39, 0.29) is 5.56 Å². The first kappa shape index (κ1) is 16.0. The van der Waals surface area contributed by atoms with Crippen LogP contribution in [0.3, 0.4) is 0 Å². The van der Waals surface area contributed by atoms with Gasteiger partial charge in [-0.05, 0) is 35.9 Å². The molecule has 0 atom stereocenters. The zero-order chi connectivity index (χ0) is 17.4. The monoisotopic (exact) mass is 341 g/mol. The maximum absolute atomic E-state index is 12.6. The summed E-state index contributed by atoms with van der Waals surface area (Å²) in [4.78, 5) is 36.4. The number of carbonyl (C=O) groups is 3. The summed E-state index contributed by atoms with van der Waals surface area (Å²) < 4.78 is 0. The maximum Gasteiger partial charge on any atom is 0.335 e. The minimum atomic E-state index is -1.02. The van der Waals surface area contributed by atoms with Crippen LogP contribution in [0.5, 0.6) is 0 Å². The molecular weight excluding hydrogens is 330 g/mol. The van der Waals surface area contributed by atoms with E-state index >= 15 is 0 Å². The molecule has 120 valence electrons. The zero-order valence-electron chi connectivity index (χ0n) is 12.6. The average molecular weight is 342 g/mol.